The third-order valence-corrected chi connectivity index (χ3v) is 4.55. The summed E-state index contributed by atoms with van der Waals surface area (Å²) in [5.74, 6) is -1.77. The lowest BCUT2D eigenvalue weighted by Gasteiger charge is -2.12. The van der Waals surface area contributed by atoms with E-state index in [9.17, 15) is 22.0 Å². The van der Waals surface area contributed by atoms with Crippen molar-refractivity contribution in [2.75, 3.05) is 25.4 Å². The Balaban J connectivity index is 2.10. The summed E-state index contributed by atoms with van der Waals surface area (Å²) in [6.45, 7) is -0.182. The monoisotopic (exact) mass is 370 g/mol. The first kappa shape index (κ1) is 18.7. The molecule has 0 radical (unpaired) electrons. The molecule has 0 aliphatic heterocycles. The summed E-state index contributed by atoms with van der Waals surface area (Å²) in [6.07, 6.45) is 0. The lowest BCUT2D eigenvalue weighted by molar-refractivity contribution is -0.130. The topological polar surface area (TPSA) is 75.7 Å². The number of benzene rings is 2. The van der Waals surface area contributed by atoms with Gasteiger partial charge in [0.05, 0.1) is 10.6 Å². The molecule has 2 aromatic carbocycles. The van der Waals surface area contributed by atoms with Crippen molar-refractivity contribution >= 4 is 21.6 Å². The van der Waals surface area contributed by atoms with E-state index in [1.54, 1.807) is 14.1 Å². The van der Waals surface area contributed by atoms with Crippen LogP contribution in [0.1, 0.15) is 0 Å². The number of anilines is 1. The smallest absolute Gasteiger partial charge is 0.261 e. The molecule has 0 heterocycles. The summed E-state index contributed by atoms with van der Waals surface area (Å²) >= 11 is 0. The van der Waals surface area contributed by atoms with Crippen molar-refractivity contribution in [1.29, 1.82) is 0 Å². The van der Waals surface area contributed by atoms with Gasteiger partial charge in [0.15, 0.2) is 6.61 Å². The predicted molar refractivity (Wildman–Crippen MR) is 87.8 cm³/mol. The maximum atomic E-state index is 13.6. The zero-order chi connectivity index (χ0) is 18.6. The number of nitrogens with one attached hydrogen (secondary N) is 1. The van der Waals surface area contributed by atoms with Gasteiger partial charge in [0, 0.05) is 20.2 Å². The molecule has 0 aliphatic carbocycles. The van der Waals surface area contributed by atoms with E-state index in [1.165, 1.54) is 29.2 Å². The Morgan fingerprint density at radius 2 is 1.76 bits per heavy atom. The highest BCUT2D eigenvalue weighted by Crippen LogP contribution is 2.21. The predicted octanol–water partition coefficient (Wildman–Crippen LogP) is 2.23. The fraction of sp³-hybridized carbons (Fsp3) is 0.188. The second kappa shape index (κ2) is 7.47. The fourth-order valence-electron chi connectivity index (χ4n) is 1.77. The van der Waals surface area contributed by atoms with Crippen LogP contribution in [0.4, 0.5) is 14.5 Å². The van der Waals surface area contributed by atoms with E-state index >= 15 is 0 Å². The third kappa shape index (κ3) is 4.90. The maximum absolute atomic E-state index is 13.6. The molecule has 0 saturated heterocycles. The molecule has 0 unspecified atom stereocenters. The molecule has 0 bridgehead atoms. The molecule has 9 heteroatoms. The van der Waals surface area contributed by atoms with Crippen LogP contribution in [0.3, 0.4) is 0 Å². The number of rotatable bonds is 6. The highest BCUT2D eigenvalue weighted by atomic mass is 32.2. The molecule has 2 aromatic rings. The molecule has 0 spiro atoms. The Labute approximate surface area is 144 Å². The molecule has 0 saturated carbocycles. The summed E-state index contributed by atoms with van der Waals surface area (Å²) in [7, 11) is -0.883. The molecule has 25 heavy (non-hydrogen) atoms. The lowest BCUT2D eigenvalue weighted by Crippen LogP contribution is -2.27. The second-order valence-electron chi connectivity index (χ2n) is 5.28. The number of carbonyl (C=O) groups excluding carboxylic acids is 1. The number of halogens is 2. The molecule has 2 rings (SSSR count). The van der Waals surface area contributed by atoms with Crippen LogP contribution in [0.2, 0.25) is 0 Å². The minimum atomic E-state index is -4.05. The highest BCUT2D eigenvalue weighted by Gasteiger charge is 2.17. The summed E-state index contributed by atoms with van der Waals surface area (Å²) < 4.78 is 58.2. The van der Waals surface area contributed by atoms with Crippen molar-refractivity contribution in [3.8, 4) is 5.75 Å². The minimum absolute atomic E-state index is 0.137. The van der Waals surface area contributed by atoms with Gasteiger partial charge in [-0.3, -0.25) is 9.52 Å². The number of likely N-dealkylation sites (N-methyl/N-ethyl adjacent to an activating group) is 1. The lowest BCUT2D eigenvalue weighted by atomic mass is 10.3. The first-order valence-corrected chi connectivity index (χ1v) is 8.58. The Morgan fingerprint density at radius 3 is 2.32 bits per heavy atom. The van der Waals surface area contributed by atoms with Gasteiger partial charge in [0.2, 0.25) is 0 Å². The minimum Gasteiger partial charge on any atom is -0.484 e. The third-order valence-electron chi connectivity index (χ3n) is 3.17. The van der Waals surface area contributed by atoms with Crippen LogP contribution in [-0.2, 0) is 14.8 Å². The van der Waals surface area contributed by atoms with Crippen LogP contribution >= 0.6 is 0 Å². The molecule has 0 atom stereocenters. The van der Waals surface area contributed by atoms with Crippen LogP contribution in [-0.4, -0.2) is 39.9 Å². The number of carbonyl (C=O) groups is 1. The SMILES string of the molecule is CN(C)C(=O)COc1ccc(S(=O)(=O)Nc2ccc(F)cc2F)cc1. The standard InChI is InChI=1S/C16H16F2N2O4S/c1-20(2)16(21)10-24-12-4-6-13(7-5-12)25(22,23)19-15-8-3-11(17)9-14(15)18/h3-9,19H,10H2,1-2H3. The maximum Gasteiger partial charge on any atom is 0.261 e. The molecule has 1 amide bonds. The Hall–Kier alpha value is -2.68. The van der Waals surface area contributed by atoms with Gasteiger partial charge in [-0.15, -0.1) is 0 Å². The quantitative estimate of drug-likeness (QED) is 0.846. The van der Waals surface area contributed by atoms with Crippen molar-refractivity contribution in [3.63, 3.8) is 0 Å². The molecule has 6 nitrogen and oxygen atoms in total. The van der Waals surface area contributed by atoms with Crippen molar-refractivity contribution in [2.24, 2.45) is 0 Å². The average Bonchev–Trinajstić information content (AvgIpc) is 2.55. The van der Waals surface area contributed by atoms with E-state index in [0.29, 0.717) is 11.8 Å². The molecule has 0 aliphatic rings. The van der Waals surface area contributed by atoms with Crippen molar-refractivity contribution in [2.45, 2.75) is 4.90 Å². The van der Waals surface area contributed by atoms with E-state index in [2.05, 4.69) is 0 Å². The fourth-order valence-corrected chi connectivity index (χ4v) is 2.83. The van der Waals surface area contributed by atoms with E-state index in [4.69, 9.17) is 4.74 Å². The van der Waals surface area contributed by atoms with E-state index < -0.39 is 21.7 Å². The number of hydrogen-bond donors (Lipinski definition) is 1. The Kier molecular flexibility index (Phi) is 5.58. The number of sulfonamides is 1. The molecule has 0 aromatic heterocycles. The van der Waals surface area contributed by atoms with Crippen LogP contribution in [0, 0.1) is 11.6 Å². The summed E-state index contributed by atoms with van der Waals surface area (Å²) in [5, 5.41) is 0. The van der Waals surface area contributed by atoms with Gasteiger partial charge < -0.3 is 9.64 Å². The first-order valence-electron chi connectivity index (χ1n) is 7.10. The second-order valence-corrected chi connectivity index (χ2v) is 6.96. The molecule has 0 fully saturated rings. The number of ether oxygens (including phenoxy) is 1. The van der Waals surface area contributed by atoms with Gasteiger partial charge in [-0.2, -0.15) is 0 Å². The first-order chi connectivity index (χ1) is 11.7. The zero-order valence-electron chi connectivity index (χ0n) is 13.5. The molecular weight excluding hydrogens is 354 g/mol. The molecule has 134 valence electrons. The Morgan fingerprint density at radius 1 is 1.12 bits per heavy atom. The van der Waals surface area contributed by atoms with Crippen molar-refractivity contribution < 1.29 is 26.7 Å². The average molecular weight is 370 g/mol. The van der Waals surface area contributed by atoms with Gasteiger partial charge >= 0.3 is 0 Å². The van der Waals surface area contributed by atoms with Gasteiger partial charge in [-0.1, -0.05) is 0 Å². The van der Waals surface area contributed by atoms with E-state index in [-0.39, 0.29) is 23.1 Å². The van der Waals surface area contributed by atoms with Crippen LogP contribution in [0.25, 0.3) is 0 Å². The van der Waals surface area contributed by atoms with Gasteiger partial charge in [-0.25, -0.2) is 17.2 Å². The summed E-state index contributed by atoms with van der Waals surface area (Å²) in [6, 6.07) is 7.76. The van der Waals surface area contributed by atoms with Crippen LogP contribution in [0.15, 0.2) is 47.4 Å². The van der Waals surface area contributed by atoms with Gasteiger partial charge in [0.25, 0.3) is 15.9 Å². The highest BCUT2D eigenvalue weighted by molar-refractivity contribution is 7.92. The molecule has 1 N–H and O–H groups in total. The summed E-state index contributed by atoms with van der Waals surface area (Å²) in [5.41, 5.74) is -0.363. The largest absolute Gasteiger partial charge is 0.484 e. The summed E-state index contributed by atoms with van der Waals surface area (Å²) in [4.78, 5) is 12.7. The zero-order valence-corrected chi connectivity index (χ0v) is 14.3. The molecular formula is C16H16F2N2O4S. The number of nitrogens with zero attached hydrogens (tertiary/aromatic N) is 1. The number of hydrogen-bond acceptors (Lipinski definition) is 4. The van der Waals surface area contributed by atoms with E-state index in [0.717, 1.165) is 12.1 Å². The van der Waals surface area contributed by atoms with Crippen LogP contribution < -0.4 is 9.46 Å². The van der Waals surface area contributed by atoms with Gasteiger partial charge in [0.1, 0.15) is 17.4 Å². The van der Waals surface area contributed by atoms with Gasteiger partial charge in [-0.05, 0) is 36.4 Å². The number of amides is 1. The normalized spacial score (nSPS) is 11.0. The Bertz CT molecular complexity index is 868. The van der Waals surface area contributed by atoms with Crippen LogP contribution in [0.5, 0.6) is 5.75 Å². The van der Waals surface area contributed by atoms with Crippen molar-refractivity contribution in [3.05, 3.63) is 54.1 Å². The van der Waals surface area contributed by atoms with E-state index in [1.807, 2.05) is 4.72 Å². The van der Waals surface area contributed by atoms with Crippen molar-refractivity contribution in [1.82, 2.24) is 4.90 Å².